The number of nitrogens with two attached hydrogens (primary N) is 1. The zero-order valence-corrected chi connectivity index (χ0v) is 12.6. The third kappa shape index (κ3) is 3.70. The maximum absolute atomic E-state index is 14.1. The van der Waals surface area contributed by atoms with E-state index in [1.807, 2.05) is 0 Å². The van der Waals surface area contributed by atoms with Crippen molar-refractivity contribution in [3.05, 3.63) is 34.6 Å². The Labute approximate surface area is 124 Å². The first-order chi connectivity index (χ1) is 9.65. The van der Waals surface area contributed by atoms with Gasteiger partial charge in [0.1, 0.15) is 5.82 Å². The highest BCUT2D eigenvalue weighted by Gasteiger charge is 2.25. The number of hydrogen-bond acceptors (Lipinski definition) is 3. The lowest BCUT2D eigenvalue weighted by atomic mass is 10.0. The van der Waals surface area contributed by atoms with E-state index in [0.29, 0.717) is 17.1 Å². The molecule has 1 heterocycles. The van der Waals surface area contributed by atoms with Gasteiger partial charge in [-0.3, -0.25) is 4.90 Å². The second kappa shape index (κ2) is 7.36. The van der Waals surface area contributed by atoms with E-state index in [1.54, 1.807) is 12.1 Å². The highest BCUT2D eigenvalue weighted by atomic mass is 35.5. The van der Waals surface area contributed by atoms with E-state index in [4.69, 9.17) is 22.1 Å². The molecule has 1 fully saturated rings. The number of rotatable bonds is 6. The van der Waals surface area contributed by atoms with Gasteiger partial charge in [-0.15, -0.1) is 0 Å². The number of ether oxygens (including phenoxy) is 1. The first kappa shape index (κ1) is 15.7. The molecule has 0 aromatic heterocycles. The fourth-order valence-corrected chi connectivity index (χ4v) is 2.93. The molecule has 0 bridgehead atoms. The topological polar surface area (TPSA) is 38.5 Å². The molecule has 1 aliphatic heterocycles. The Kier molecular flexibility index (Phi) is 5.78. The molecular weight excluding hydrogens is 279 g/mol. The second-order valence-corrected chi connectivity index (χ2v) is 5.58. The van der Waals surface area contributed by atoms with Crippen molar-refractivity contribution in [1.29, 1.82) is 0 Å². The highest BCUT2D eigenvalue weighted by Crippen LogP contribution is 2.26. The smallest absolute Gasteiger partial charge is 0.129 e. The predicted octanol–water partition coefficient (Wildman–Crippen LogP) is 2.98. The molecule has 20 heavy (non-hydrogen) atoms. The summed E-state index contributed by atoms with van der Waals surface area (Å²) >= 11 is 5.81. The first-order valence-corrected chi connectivity index (χ1v) is 7.54. The Morgan fingerprint density at radius 1 is 1.55 bits per heavy atom. The molecule has 2 atom stereocenters. The molecule has 1 aromatic rings. The van der Waals surface area contributed by atoms with Crippen molar-refractivity contribution in [3.8, 4) is 0 Å². The summed E-state index contributed by atoms with van der Waals surface area (Å²) in [4.78, 5) is 2.18. The fraction of sp³-hybridized carbons (Fsp3) is 0.600. The van der Waals surface area contributed by atoms with Crippen molar-refractivity contribution < 1.29 is 9.13 Å². The molecular formula is C15H22ClFN2O. The van der Waals surface area contributed by atoms with Crippen LogP contribution in [0.2, 0.25) is 5.02 Å². The van der Waals surface area contributed by atoms with Crippen LogP contribution in [0.15, 0.2) is 18.2 Å². The standard InChI is InChI=1S/C15H22ClFN2O/c1-2-19(10-12-4-3-7-20-12)15(9-18)13-6-5-11(16)8-14(13)17/h5-6,8,12,15H,2-4,7,9-10,18H2,1H3. The van der Waals surface area contributed by atoms with Gasteiger partial charge in [-0.25, -0.2) is 4.39 Å². The normalized spacial score (nSPS) is 20.6. The van der Waals surface area contributed by atoms with Crippen LogP contribution in [0.1, 0.15) is 31.4 Å². The third-order valence-electron chi connectivity index (χ3n) is 3.85. The van der Waals surface area contributed by atoms with Gasteiger partial charge < -0.3 is 10.5 Å². The predicted molar refractivity (Wildman–Crippen MR) is 79.4 cm³/mol. The van der Waals surface area contributed by atoms with Gasteiger partial charge in [0, 0.05) is 36.3 Å². The van der Waals surface area contributed by atoms with Gasteiger partial charge in [-0.2, -0.15) is 0 Å². The van der Waals surface area contributed by atoms with Gasteiger partial charge in [0.05, 0.1) is 6.10 Å². The number of nitrogens with zero attached hydrogens (tertiary/aromatic N) is 1. The lowest BCUT2D eigenvalue weighted by molar-refractivity contribution is 0.0595. The van der Waals surface area contributed by atoms with Gasteiger partial charge in [0.15, 0.2) is 0 Å². The third-order valence-corrected chi connectivity index (χ3v) is 4.09. The summed E-state index contributed by atoms with van der Waals surface area (Å²) in [6.07, 6.45) is 2.40. The molecule has 0 saturated carbocycles. The highest BCUT2D eigenvalue weighted by molar-refractivity contribution is 6.30. The van der Waals surface area contributed by atoms with Gasteiger partial charge in [0.2, 0.25) is 0 Å². The molecule has 112 valence electrons. The molecule has 0 aliphatic carbocycles. The zero-order chi connectivity index (χ0) is 14.5. The number of halogens is 2. The fourth-order valence-electron chi connectivity index (χ4n) is 2.77. The lowest BCUT2D eigenvalue weighted by Crippen LogP contribution is -2.39. The summed E-state index contributed by atoms with van der Waals surface area (Å²) in [5.74, 6) is -0.293. The second-order valence-electron chi connectivity index (χ2n) is 5.14. The largest absolute Gasteiger partial charge is 0.377 e. The lowest BCUT2D eigenvalue weighted by Gasteiger charge is -2.32. The maximum atomic E-state index is 14.1. The van der Waals surface area contributed by atoms with E-state index in [-0.39, 0.29) is 18.0 Å². The summed E-state index contributed by atoms with van der Waals surface area (Å²) in [6, 6.07) is 4.65. The Morgan fingerprint density at radius 3 is 2.90 bits per heavy atom. The number of hydrogen-bond donors (Lipinski definition) is 1. The summed E-state index contributed by atoms with van der Waals surface area (Å²) in [5.41, 5.74) is 6.49. The van der Waals surface area contributed by atoms with Gasteiger partial charge >= 0.3 is 0 Å². The minimum absolute atomic E-state index is 0.138. The van der Waals surface area contributed by atoms with Crippen LogP contribution in [0.4, 0.5) is 4.39 Å². The maximum Gasteiger partial charge on any atom is 0.129 e. The summed E-state index contributed by atoms with van der Waals surface area (Å²) < 4.78 is 19.8. The Morgan fingerprint density at radius 2 is 2.35 bits per heavy atom. The minimum atomic E-state index is -0.293. The van der Waals surface area contributed by atoms with E-state index in [2.05, 4.69) is 11.8 Å². The molecule has 2 rings (SSSR count). The molecule has 2 unspecified atom stereocenters. The quantitative estimate of drug-likeness (QED) is 0.878. The number of likely N-dealkylation sites (N-methyl/N-ethyl adjacent to an activating group) is 1. The van der Waals surface area contributed by atoms with Crippen LogP contribution in [0.3, 0.4) is 0 Å². The van der Waals surface area contributed by atoms with Crippen LogP contribution in [0.25, 0.3) is 0 Å². The van der Waals surface area contributed by atoms with Crippen molar-refractivity contribution in [2.24, 2.45) is 5.73 Å². The molecule has 0 radical (unpaired) electrons. The van der Waals surface area contributed by atoms with Crippen molar-refractivity contribution in [1.82, 2.24) is 4.90 Å². The number of benzene rings is 1. The van der Waals surface area contributed by atoms with Crippen molar-refractivity contribution in [2.75, 3.05) is 26.2 Å². The molecule has 5 heteroatoms. The van der Waals surface area contributed by atoms with E-state index >= 15 is 0 Å². The minimum Gasteiger partial charge on any atom is -0.377 e. The van der Waals surface area contributed by atoms with E-state index in [0.717, 1.165) is 32.5 Å². The molecule has 1 aliphatic rings. The summed E-state index contributed by atoms with van der Waals surface area (Å²) in [7, 11) is 0. The van der Waals surface area contributed by atoms with Crippen molar-refractivity contribution in [2.45, 2.75) is 31.9 Å². The van der Waals surface area contributed by atoms with Gasteiger partial charge in [0.25, 0.3) is 0 Å². The van der Waals surface area contributed by atoms with E-state index in [1.165, 1.54) is 6.07 Å². The van der Waals surface area contributed by atoms with Gasteiger partial charge in [-0.05, 0) is 31.5 Å². The van der Waals surface area contributed by atoms with Crippen molar-refractivity contribution in [3.63, 3.8) is 0 Å². The van der Waals surface area contributed by atoms with Crippen molar-refractivity contribution >= 4 is 11.6 Å². The molecule has 2 N–H and O–H groups in total. The average Bonchev–Trinajstić information content (AvgIpc) is 2.93. The zero-order valence-electron chi connectivity index (χ0n) is 11.8. The van der Waals surface area contributed by atoms with E-state index in [9.17, 15) is 4.39 Å². The van der Waals surface area contributed by atoms with Crippen LogP contribution >= 0.6 is 11.6 Å². The SMILES string of the molecule is CCN(CC1CCCO1)C(CN)c1ccc(Cl)cc1F. The molecule has 1 aromatic carbocycles. The summed E-state index contributed by atoms with van der Waals surface area (Å²) in [5, 5.41) is 0.407. The monoisotopic (exact) mass is 300 g/mol. The molecule has 3 nitrogen and oxygen atoms in total. The molecule has 1 saturated heterocycles. The van der Waals surface area contributed by atoms with Crippen LogP contribution < -0.4 is 5.73 Å². The van der Waals surface area contributed by atoms with Gasteiger partial charge in [-0.1, -0.05) is 24.6 Å². The van der Waals surface area contributed by atoms with Crippen LogP contribution in [-0.2, 0) is 4.74 Å². The Bertz CT molecular complexity index is 438. The van der Waals surface area contributed by atoms with Crippen LogP contribution in [-0.4, -0.2) is 37.2 Å². The first-order valence-electron chi connectivity index (χ1n) is 7.16. The molecule has 0 amide bonds. The van der Waals surface area contributed by atoms with E-state index < -0.39 is 0 Å². The van der Waals surface area contributed by atoms with Crippen LogP contribution in [0, 0.1) is 5.82 Å². The summed E-state index contributed by atoms with van der Waals surface area (Å²) in [6.45, 7) is 4.86. The molecule has 0 spiro atoms. The van der Waals surface area contributed by atoms with Crippen LogP contribution in [0.5, 0.6) is 0 Å². The Balaban J connectivity index is 2.15. The average molecular weight is 301 g/mol. The Hall–Kier alpha value is -0.680.